The van der Waals surface area contributed by atoms with Gasteiger partial charge in [0.15, 0.2) is 0 Å². The molecule has 0 spiro atoms. The van der Waals surface area contributed by atoms with Crippen LogP contribution in [0.2, 0.25) is 0 Å². The number of rotatable bonds is 3. The Kier molecular flexibility index (Phi) is 4.04. The first-order valence-corrected chi connectivity index (χ1v) is 6.21. The Morgan fingerprint density at radius 1 is 1.33 bits per heavy atom. The molecule has 98 valence electrons. The summed E-state index contributed by atoms with van der Waals surface area (Å²) in [6.07, 6.45) is 3.47. The molecule has 0 unspecified atom stereocenters. The first kappa shape index (κ1) is 12.7. The van der Waals surface area contributed by atoms with Crippen molar-refractivity contribution >= 4 is 11.6 Å². The Bertz CT molecular complexity index is 428. The lowest BCUT2D eigenvalue weighted by Gasteiger charge is -2.27. The Morgan fingerprint density at radius 3 is 2.72 bits per heavy atom. The number of anilines is 1. The fraction of sp³-hybridized carbons (Fsp3) is 0.462. The molecule has 3 N–H and O–H groups in total. The Balaban J connectivity index is 2.08. The number of amides is 1. The van der Waals surface area contributed by atoms with Crippen LogP contribution in [0.4, 0.5) is 5.69 Å². The van der Waals surface area contributed by atoms with Crippen molar-refractivity contribution in [1.29, 1.82) is 0 Å². The van der Waals surface area contributed by atoms with Gasteiger partial charge in [0.25, 0.3) is 5.91 Å². The van der Waals surface area contributed by atoms with Gasteiger partial charge in [-0.15, -0.1) is 0 Å². The van der Waals surface area contributed by atoms with E-state index in [0.717, 1.165) is 25.9 Å². The summed E-state index contributed by atoms with van der Waals surface area (Å²) in [4.78, 5) is 12.1. The van der Waals surface area contributed by atoms with Crippen molar-refractivity contribution in [3.8, 4) is 5.75 Å². The molecule has 0 atom stereocenters. The number of para-hydroxylation sites is 1. The molecule has 0 bridgehead atoms. The van der Waals surface area contributed by atoms with E-state index in [4.69, 9.17) is 10.5 Å². The minimum Gasteiger partial charge on any atom is -0.495 e. The molecule has 1 aromatic carbocycles. The number of hydrogen-bond acceptors (Lipinski definition) is 4. The lowest BCUT2D eigenvalue weighted by atomic mass is 10.1. The van der Waals surface area contributed by atoms with Crippen molar-refractivity contribution in [2.24, 2.45) is 0 Å². The van der Waals surface area contributed by atoms with E-state index in [1.807, 2.05) is 5.01 Å². The second-order valence-electron chi connectivity index (χ2n) is 4.41. The van der Waals surface area contributed by atoms with Gasteiger partial charge in [0.05, 0.1) is 18.4 Å². The first-order chi connectivity index (χ1) is 8.72. The van der Waals surface area contributed by atoms with Crippen LogP contribution in [0.5, 0.6) is 5.75 Å². The van der Waals surface area contributed by atoms with Gasteiger partial charge < -0.3 is 10.5 Å². The molecular weight excluding hydrogens is 230 g/mol. The minimum atomic E-state index is -0.173. The monoisotopic (exact) mass is 249 g/mol. The lowest BCUT2D eigenvalue weighted by Crippen LogP contribution is -2.45. The summed E-state index contributed by atoms with van der Waals surface area (Å²) in [6.45, 7) is 1.80. The van der Waals surface area contributed by atoms with Gasteiger partial charge in [0.2, 0.25) is 0 Å². The molecule has 1 aliphatic heterocycles. The molecule has 2 rings (SSSR count). The maximum atomic E-state index is 12.1. The summed E-state index contributed by atoms with van der Waals surface area (Å²) in [5.41, 5.74) is 9.62. The molecule has 1 aromatic rings. The zero-order chi connectivity index (χ0) is 13.0. The van der Waals surface area contributed by atoms with Crippen LogP contribution in [0.25, 0.3) is 0 Å². The predicted molar refractivity (Wildman–Crippen MR) is 70.3 cm³/mol. The van der Waals surface area contributed by atoms with E-state index in [1.54, 1.807) is 18.2 Å². The third kappa shape index (κ3) is 2.73. The van der Waals surface area contributed by atoms with Crippen LogP contribution in [-0.4, -0.2) is 31.1 Å². The van der Waals surface area contributed by atoms with Gasteiger partial charge in [-0.25, -0.2) is 5.01 Å². The fourth-order valence-electron chi connectivity index (χ4n) is 2.13. The lowest BCUT2D eigenvalue weighted by molar-refractivity contribution is 0.0751. The average Bonchev–Trinajstić information content (AvgIpc) is 2.40. The SMILES string of the molecule is COc1cccc(C(=O)NN2CCCCC2)c1N. The highest BCUT2D eigenvalue weighted by molar-refractivity contribution is 6.00. The number of nitrogens with one attached hydrogen (secondary N) is 1. The van der Waals surface area contributed by atoms with Crippen LogP contribution in [0.3, 0.4) is 0 Å². The Labute approximate surface area is 107 Å². The molecule has 5 heteroatoms. The number of carbonyl (C=O) groups is 1. The molecule has 0 aromatic heterocycles. The summed E-state index contributed by atoms with van der Waals surface area (Å²) in [6, 6.07) is 5.21. The highest BCUT2D eigenvalue weighted by atomic mass is 16.5. The summed E-state index contributed by atoms with van der Waals surface area (Å²) in [5.74, 6) is 0.356. The maximum absolute atomic E-state index is 12.1. The zero-order valence-electron chi connectivity index (χ0n) is 10.6. The van der Waals surface area contributed by atoms with E-state index < -0.39 is 0 Å². The number of piperidine rings is 1. The summed E-state index contributed by atoms with van der Waals surface area (Å²) < 4.78 is 5.11. The zero-order valence-corrected chi connectivity index (χ0v) is 10.6. The van der Waals surface area contributed by atoms with Crippen molar-refractivity contribution < 1.29 is 9.53 Å². The van der Waals surface area contributed by atoms with Gasteiger partial charge in [0, 0.05) is 13.1 Å². The first-order valence-electron chi connectivity index (χ1n) is 6.21. The third-order valence-electron chi connectivity index (χ3n) is 3.15. The second kappa shape index (κ2) is 5.73. The fourth-order valence-corrected chi connectivity index (χ4v) is 2.13. The van der Waals surface area contributed by atoms with Crippen LogP contribution in [0, 0.1) is 0 Å². The number of nitrogens with two attached hydrogens (primary N) is 1. The molecule has 1 heterocycles. The number of ether oxygens (including phenoxy) is 1. The van der Waals surface area contributed by atoms with Crippen molar-refractivity contribution in [2.75, 3.05) is 25.9 Å². The topological polar surface area (TPSA) is 67.6 Å². The molecule has 1 amide bonds. The van der Waals surface area contributed by atoms with Crippen molar-refractivity contribution in [2.45, 2.75) is 19.3 Å². The average molecular weight is 249 g/mol. The van der Waals surface area contributed by atoms with Gasteiger partial charge in [0.1, 0.15) is 5.75 Å². The van der Waals surface area contributed by atoms with Crippen molar-refractivity contribution in [3.05, 3.63) is 23.8 Å². The highest BCUT2D eigenvalue weighted by Gasteiger charge is 2.17. The molecule has 0 saturated carbocycles. The molecule has 1 fully saturated rings. The van der Waals surface area contributed by atoms with E-state index in [2.05, 4.69) is 5.43 Å². The number of hydrazine groups is 1. The number of carbonyl (C=O) groups excluding carboxylic acids is 1. The second-order valence-corrected chi connectivity index (χ2v) is 4.41. The van der Waals surface area contributed by atoms with Gasteiger partial charge >= 0.3 is 0 Å². The molecule has 0 aliphatic carbocycles. The van der Waals surface area contributed by atoms with Gasteiger partial charge in [-0.2, -0.15) is 0 Å². The Morgan fingerprint density at radius 2 is 2.06 bits per heavy atom. The third-order valence-corrected chi connectivity index (χ3v) is 3.15. The van der Waals surface area contributed by atoms with Crippen LogP contribution in [0.1, 0.15) is 29.6 Å². The van der Waals surface area contributed by atoms with Crippen LogP contribution in [0.15, 0.2) is 18.2 Å². The minimum absolute atomic E-state index is 0.173. The standard InChI is InChI=1S/C13H19N3O2/c1-18-11-7-5-6-10(12(11)14)13(17)15-16-8-3-2-4-9-16/h5-7H,2-4,8-9,14H2,1H3,(H,15,17). The van der Waals surface area contributed by atoms with Crippen molar-refractivity contribution in [3.63, 3.8) is 0 Å². The van der Waals surface area contributed by atoms with E-state index in [1.165, 1.54) is 13.5 Å². The van der Waals surface area contributed by atoms with Gasteiger partial charge in [-0.05, 0) is 25.0 Å². The summed E-state index contributed by atoms with van der Waals surface area (Å²) in [5, 5.41) is 1.95. The largest absolute Gasteiger partial charge is 0.495 e. The molecule has 18 heavy (non-hydrogen) atoms. The van der Waals surface area contributed by atoms with E-state index in [-0.39, 0.29) is 5.91 Å². The Hall–Kier alpha value is -1.75. The normalized spacial score (nSPS) is 16.3. The van der Waals surface area contributed by atoms with Crippen LogP contribution in [-0.2, 0) is 0 Å². The number of hydrogen-bond donors (Lipinski definition) is 2. The molecule has 1 aliphatic rings. The molecule has 5 nitrogen and oxygen atoms in total. The highest BCUT2D eigenvalue weighted by Crippen LogP contribution is 2.24. The van der Waals surface area contributed by atoms with E-state index in [9.17, 15) is 4.79 Å². The van der Waals surface area contributed by atoms with Crippen molar-refractivity contribution in [1.82, 2.24) is 10.4 Å². The number of nitrogens with zero attached hydrogens (tertiary/aromatic N) is 1. The number of methoxy groups -OCH3 is 1. The van der Waals surface area contributed by atoms with Crippen LogP contribution >= 0.6 is 0 Å². The van der Waals surface area contributed by atoms with E-state index in [0.29, 0.717) is 17.0 Å². The molecular formula is C13H19N3O2. The molecule has 0 radical (unpaired) electrons. The van der Waals surface area contributed by atoms with E-state index >= 15 is 0 Å². The summed E-state index contributed by atoms with van der Waals surface area (Å²) >= 11 is 0. The smallest absolute Gasteiger partial charge is 0.267 e. The predicted octanol–water partition coefficient (Wildman–Crippen LogP) is 1.41. The quantitative estimate of drug-likeness (QED) is 0.795. The van der Waals surface area contributed by atoms with Gasteiger partial charge in [-0.3, -0.25) is 10.2 Å². The maximum Gasteiger partial charge on any atom is 0.267 e. The molecule has 1 saturated heterocycles. The summed E-state index contributed by atoms with van der Waals surface area (Å²) in [7, 11) is 1.54. The van der Waals surface area contributed by atoms with Crippen LogP contribution < -0.4 is 15.9 Å². The number of benzene rings is 1. The van der Waals surface area contributed by atoms with Gasteiger partial charge in [-0.1, -0.05) is 12.5 Å². The number of nitrogen functional groups attached to an aromatic ring is 1.